The first kappa shape index (κ1) is 12.7. The lowest BCUT2D eigenvalue weighted by Crippen LogP contribution is -2.30. The van der Waals surface area contributed by atoms with Crippen LogP contribution in [0, 0.1) is 6.92 Å². The van der Waals surface area contributed by atoms with Gasteiger partial charge >= 0.3 is 0 Å². The first-order valence-corrected chi connectivity index (χ1v) is 6.06. The van der Waals surface area contributed by atoms with Crippen LogP contribution in [0.25, 0.3) is 0 Å². The van der Waals surface area contributed by atoms with Crippen molar-refractivity contribution in [2.24, 2.45) is 0 Å². The van der Waals surface area contributed by atoms with E-state index in [0.29, 0.717) is 0 Å². The molecule has 0 spiro atoms. The molecule has 0 aromatic carbocycles. The van der Waals surface area contributed by atoms with Crippen molar-refractivity contribution in [1.29, 1.82) is 0 Å². The highest BCUT2D eigenvalue weighted by atomic mass is 79.9. The Kier molecular flexibility index (Phi) is 3.94. The third-order valence-electron chi connectivity index (χ3n) is 2.20. The van der Waals surface area contributed by atoms with Crippen molar-refractivity contribution in [2.75, 3.05) is 14.1 Å². The van der Waals surface area contributed by atoms with Crippen molar-refractivity contribution in [3.8, 4) is 0 Å². The van der Waals surface area contributed by atoms with Crippen LogP contribution in [0.15, 0.2) is 9.08 Å². The van der Waals surface area contributed by atoms with Crippen molar-refractivity contribution < 1.29 is 4.79 Å². The summed E-state index contributed by atoms with van der Waals surface area (Å²) in [5, 5.41) is 4.25. The number of amides is 1. The Bertz CT molecular complexity index is 387. The van der Waals surface area contributed by atoms with Gasteiger partial charge in [0, 0.05) is 14.1 Å². The van der Waals surface area contributed by atoms with E-state index in [4.69, 9.17) is 0 Å². The summed E-state index contributed by atoms with van der Waals surface area (Å²) >= 11 is 6.72. The molecule has 0 aliphatic carbocycles. The maximum Gasteiger partial charge on any atom is 0.246 e. The molecular weight excluding hydrogens is 326 g/mol. The zero-order valence-corrected chi connectivity index (χ0v) is 12.3. The van der Waals surface area contributed by atoms with Crippen LogP contribution in [0.4, 0.5) is 0 Å². The number of halogens is 2. The van der Waals surface area contributed by atoms with Gasteiger partial charge in [0.25, 0.3) is 0 Å². The Balaban J connectivity index is 3.06. The van der Waals surface area contributed by atoms with Gasteiger partial charge in [0.15, 0.2) is 0 Å². The van der Waals surface area contributed by atoms with Gasteiger partial charge in [0.1, 0.15) is 10.6 Å². The first-order valence-electron chi connectivity index (χ1n) is 4.47. The summed E-state index contributed by atoms with van der Waals surface area (Å²) in [6.07, 6.45) is 0. The van der Waals surface area contributed by atoms with Crippen molar-refractivity contribution in [3.63, 3.8) is 0 Å². The van der Waals surface area contributed by atoms with Gasteiger partial charge < -0.3 is 4.90 Å². The number of carbonyl (C=O) groups is 1. The molecule has 4 nitrogen and oxygen atoms in total. The molecular formula is C9H13Br2N3O. The second kappa shape index (κ2) is 4.65. The first-order chi connectivity index (χ1) is 6.86. The Hall–Kier alpha value is -0.360. The lowest BCUT2D eigenvalue weighted by atomic mass is 10.3. The summed E-state index contributed by atoms with van der Waals surface area (Å²) in [5.41, 5.74) is 0.935. The molecule has 1 aromatic rings. The molecule has 1 aromatic heterocycles. The number of hydrogen-bond acceptors (Lipinski definition) is 2. The summed E-state index contributed by atoms with van der Waals surface area (Å²) in [7, 11) is 3.48. The van der Waals surface area contributed by atoms with Crippen LogP contribution >= 0.6 is 31.9 Å². The molecule has 1 rings (SSSR count). The summed E-state index contributed by atoms with van der Waals surface area (Å²) < 4.78 is 3.32. The molecule has 0 aliphatic heterocycles. The summed E-state index contributed by atoms with van der Waals surface area (Å²) in [6.45, 7) is 3.75. The second-order valence-electron chi connectivity index (χ2n) is 3.54. The van der Waals surface area contributed by atoms with Gasteiger partial charge in [-0.3, -0.25) is 9.48 Å². The number of rotatable bonds is 2. The molecule has 0 saturated carbocycles. The molecule has 1 heterocycles. The zero-order chi connectivity index (χ0) is 11.7. The van der Waals surface area contributed by atoms with E-state index in [1.165, 1.54) is 0 Å². The predicted molar refractivity (Wildman–Crippen MR) is 65.8 cm³/mol. The highest BCUT2D eigenvalue weighted by molar-refractivity contribution is 9.13. The van der Waals surface area contributed by atoms with Crippen LogP contribution in [0.3, 0.4) is 0 Å². The molecule has 84 valence electrons. The summed E-state index contributed by atoms with van der Waals surface area (Å²) in [6, 6.07) is -0.289. The Morgan fingerprint density at radius 1 is 1.47 bits per heavy atom. The van der Waals surface area contributed by atoms with E-state index in [1.807, 2.05) is 13.8 Å². The molecule has 1 amide bonds. The highest BCUT2D eigenvalue weighted by Gasteiger charge is 2.21. The fourth-order valence-corrected chi connectivity index (χ4v) is 2.04. The fourth-order valence-electron chi connectivity index (χ4n) is 1.32. The highest BCUT2D eigenvalue weighted by Crippen LogP contribution is 2.27. The average molecular weight is 339 g/mol. The van der Waals surface area contributed by atoms with Crippen molar-refractivity contribution in [2.45, 2.75) is 19.9 Å². The number of hydrogen-bond donors (Lipinski definition) is 0. The maximum absolute atomic E-state index is 11.8. The number of aromatic nitrogens is 2. The van der Waals surface area contributed by atoms with Crippen LogP contribution in [-0.2, 0) is 4.79 Å². The molecule has 1 atom stereocenters. The van der Waals surface area contributed by atoms with Crippen molar-refractivity contribution >= 4 is 37.8 Å². The van der Waals surface area contributed by atoms with E-state index in [9.17, 15) is 4.79 Å². The summed E-state index contributed by atoms with van der Waals surface area (Å²) in [5.74, 6) is 0.0283. The maximum atomic E-state index is 11.8. The molecule has 6 heteroatoms. The number of likely N-dealkylation sites (N-methyl/N-ethyl adjacent to an activating group) is 1. The van der Waals surface area contributed by atoms with Crippen LogP contribution in [0.1, 0.15) is 18.7 Å². The lowest BCUT2D eigenvalue weighted by molar-refractivity contribution is -0.132. The van der Waals surface area contributed by atoms with Gasteiger partial charge in [-0.25, -0.2) is 0 Å². The van der Waals surface area contributed by atoms with Gasteiger partial charge in [-0.05, 0) is 45.7 Å². The minimum atomic E-state index is -0.289. The largest absolute Gasteiger partial charge is 0.347 e. The fraction of sp³-hybridized carbons (Fsp3) is 0.556. The average Bonchev–Trinajstić information content (AvgIpc) is 2.43. The van der Waals surface area contributed by atoms with Crippen molar-refractivity contribution in [3.05, 3.63) is 14.8 Å². The zero-order valence-electron chi connectivity index (χ0n) is 9.08. The summed E-state index contributed by atoms with van der Waals surface area (Å²) in [4.78, 5) is 13.3. The van der Waals surface area contributed by atoms with Crippen LogP contribution in [0.5, 0.6) is 0 Å². The Morgan fingerprint density at radius 2 is 2.00 bits per heavy atom. The normalized spacial score (nSPS) is 12.7. The van der Waals surface area contributed by atoms with E-state index in [-0.39, 0.29) is 11.9 Å². The lowest BCUT2D eigenvalue weighted by Gasteiger charge is -2.18. The molecule has 0 unspecified atom stereocenters. The van der Waals surface area contributed by atoms with E-state index in [0.717, 1.165) is 14.8 Å². The SMILES string of the molecule is Cc1c(Br)c(Br)nn1[C@H](C)C(=O)N(C)C. The molecule has 0 radical (unpaired) electrons. The van der Waals surface area contributed by atoms with Crippen LogP contribution in [-0.4, -0.2) is 34.7 Å². The predicted octanol–water partition coefficient (Wildman–Crippen LogP) is 2.37. The Morgan fingerprint density at radius 3 is 2.33 bits per heavy atom. The number of nitrogens with zero attached hydrogens (tertiary/aromatic N) is 3. The quantitative estimate of drug-likeness (QED) is 0.830. The monoisotopic (exact) mass is 337 g/mol. The molecule has 0 aliphatic rings. The van der Waals surface area contributed by atoms with Gasteiger partial charge in [-0.15, -0.1) is 0 Å². The molecule has 0 saturated heterocycles. The third kappa shape index (κ3) is 2.42. The number of carbonyl (C=O) groups excluding carboxylic acids is 1. The molecule has 0 fully saturated rings. The van der Waals surface area contributed by atoms with E-state index < -0.39 is 0 Å². The standard InChI is InChI=1S/C9H13Br2N3O/c1-5-7(10)8(11)12-14(5)6(2)9(15)13(3)4/h6H,1-4H3/t6-/m1/s1. The second-order valence-corrected chi connectivity index (χ2v) is 5.09. The van der Waals surface area contributed by atoms with E-state index in [1.54, 1.807) is 23.7 Å². The van der Waals surface area contributed by atoms with Gasteiger partial charge in [0.05, 0.1) is 10.2 Å². The van der Waals surface area contributed by atoms with Crippen molar-refractivity contribution in [1.82, 2.24) is 14.7 Å². The minimum absolute atomic E-state index is 0.0283. The van der Waals surface area contributed by atoms with E-state index in [2.05, 4.69) is 37.0 Å². The van der Waals surface area contributed by atoms with E-state index >= 15 is 0 Å². The van der Waals surface area contributed by atoms with Crippen LogP contribution < -0.4 is 0 Å². The molecule has 15 heavy (non-hydrogen) atoms. The van der Waals surface area contributed by atoms with Gasteiger partial charge in [0.2, 0.25) is 5.91 Å². The minimum Gasteiger partial charge on any atom is -0.347 e. The molecule has 0 bridgehead atoms. The van der Waals surface area contributed by atoms with Gasteiger partial charge in [-0.1, -0.05) is 0 Å². The topological polar surface area (TPSA) is 38.1 Å². The van der Waals surface area contributed by atoms with Gasteiger partial charge in [-0.2, -0.15) is 5.10 Å². The molecule has 0 N–H and O–H groups in total. The van der Waals surface area contributed by atoms with Crippen LogP contribution in [0.2, 0.25) is 0 Å². The smallest absolute Gasteiger partial charge is 0.246 e. The Labute approximate surface area is 106 Å². The third-order valence-corrected chi connectivity index (χ3v) is 4.24.